The van der Waals surface area contributed by atoms with Gasteiger partial charge in [0, 0.05) is 25.8 Å². The van der Waals surface area contributed by atoms with Crippen LogP contribution in [0.25, 0.3) is 0 Å². The van der Waals surface area contributed by atoms with Gasteiger partial charge in [0.1, 0.15) is 6.04 Å². The number of urea groups is 1. The second-order valence-electron chi connectivity index (χ2n) is 9.06. The molecule has 3 atom stereocenters. The molecule has 0 aliphatic carbocycles. The molecule has 38 heavy (non-hydrogen) atoms. The maximum Gasteiger partial charge on any atom is 0.322 e. The first kappa shape index (κ1) is 28.4. The van der Waals surface area contributed by atoms with Crippen LogP contribution < -0.4 is 26.6 Å². The van der Waals surface area contributed by atoms with Gasteiger partial charge in [-0.25, -0.2) is 4.79 Å². The number of nitrogens with one attached hydrogen (secondary N) is 3. The Bertz CT molecular complexity index is 1160. The van der Waals surface area contributed by atoms with Crippen LogP contribution in [0.5, 0.6) is 0 Å². The van der Waals surface area contributed by atoms with Crippen molar-refractivity contribution in [1.29, 1.82) is 0 Å². The fourth-order valence-electron chi connectivity index (χ4n) is 3.96. The highest BCUT2D eigenvalue weighted by atomic mass is 16.3. The van der Waals surface area contributed by atoms with E-state index in [2.05, 4.69) is 16.0 Å². The summed E-state index contributed by atoms with van der Waals surface area (Å²) in [7, 11) is 1.56. The number of aliphatic hydroxyl groups excluding tert-OH is 1. The molecule has 0 heterocycles. The van der Waals surface area contributed by atoms with Crippen LogP contribution in [0.2, 0.25) is 0 Å². The number of amides is 4. The van der Waals surface area contributed by atoms with Crippen molar-refractivity contribution in [2.45, 2.75) is 37.6 Å². The van der Waals surface area contributed by atoms with Gasteiger partial charge in [0.15, 0.2) is 0 Å². The van der Waals surface area contributed by atoms with Crippen molar-refractivity contribution in [1.82, 2.24) is 16.0 Å². The predicted octanol–water partition coefficient (Wildman–Crippen LogP) is 1.95. The zero-order valence-corrected chi connectivity index (χ0v) is 21.4. The van der Waals surface area contributed by atoms with E-state index in [1.807, 2.05) is 66.7 Å². The van der Waals surface area contributed by atoms with Crippen molar-refractivity contribution in [3.63, 3.8) is 0 Å². The molecule has 6 N–H and O–H groups in total. The summed E-state index contributed by atoms with van der Waals surface area (Å²) in [6.07, 6.45) is -0.984. The number of nitrogens with zero attached hydrogens (tertiary/aromatic N) is 1. The van der Waals surface area contributed by atoms with E-state index in [9.17, 15) is 19.5 Å². The van der Waals surface area contributed by atoms with Gasteiger partial charge < -0.3 is 26.8 Å². The summed E-state index contributed by atoms with van der Waals surface area (Å²) in [6.45, 7) is 0.770. The quantitative estimate of drug-likeness (QED) is 0.236. The van der Waals surface area contributed by atoms with Gasteiger partial charge in [-0.2, -0.15) is 0 Å². The lowest BCUT2D eigenvalue weighted by atomic mass is 10.00. The number of hydrogen-bond acceptors (Lipinski definition) is 5. The maximum absolute atomic E-state index is 13.3. The molecule has 0 spiro atoms. The molecule has 3 aromatic carbocycles. The van der Waals surface area contributed by atoms with Gasteiger partial charge >= 0.3 is 6.03 Å². The third-order valence-corrected chi connectivity index (χ3v) is 6.08. The Morgan fingerprint density at radius 1 is 0.842 bits per heavy atom. The molecule has 0 radical (unpaired) electrons. The van der Waals surface area contributed by atoms with Crippen molar-refractivity contribution in [3.8, 4) is 0 Å². The molecular weight excluding hydrogens is 482 g/mol. The Morgan fingerprint density at radius 3 is 1.97 bits per heavy atom. The van der Waals surface area contributed by atoms with Crippen molar-refractivity contribution in [2.75, 3.05) is 18.5 Å². The predicted molar refractivity (Wildman–Crippen MR) is 147 cm³/mol. The number of carbonyl (C=O) groups is 3. The maximum atomic E-state index is 13.3. The minimum atomic E-state index is -1.21. The van der Waals surface area contributed by atoms with E-state index in [1.165, 1.54) is 4.90 Å². The first-order valence-corrected chi connectivity index (χ1v) is 12.5. The number of carbonyl (C=O) groups excluding carboxylic acids is 3. The highest BCUT2D eigenvalue weighted by Gasteiger charge is 2.29. The number of nitrogens with two attached hydrogens (primary N) is 1. The third kappa shape index (κ3) is 9.02. The zero-order chi connectivity index (χ0) is 27.3. The summed E-state index contributed by atoms with van der Waals surface area (Å²) in [5, 5.41) is 19.7. The molecule has 0 bridgehead atoms. The lowest BCUT2D eigenvalue weighted by Gasteiger charge is -2.28. The van der Waals surface area contributed by atoms with Gasteiger partial charge in [-0.3, -0.25) is 14.5 Å². The zero-order valence-electron chi connectivity index (χ0n) is 21.4. The van der Waals surface area contributed by atoms with Crippen LogP contribution in [0.15, 0.2) is 91.0 Å². The van der Waals surface area contributed by atoms with E-state index in [0.717, 1.165) is 11.1 Å². The Hall–Kier alpha value is -4.21. The van der Waals surface area contributed by atoms with Crippen LogP contribution in [-0.2, 0) is 22.6 Å². The SMILES string of the molecule is CN(C(=O)NC(CC(N)=O)C(=O)NC(Cc1ccccc1)C(O)CNCc1ccccc1)c1ccccc1. The number of rotatable bonds is 13. The second kappa shape index (κ2) is 14.5. The van der Waals surface area contributed by atoms with E-state index < -0.39 is 36.0 Å². The molecule has 0 fully saturated rings. The summed E-state index contributed by atoms with van der Waals surface area (Å²) >= 11 is 0. The van der Waals surface area contributed by atoms with Gasteiger partial charge in [-0.15, -0.1) is 0 Å². The minimum absolute atomic E-state index is 0.219. The fourth-order valence-corrected chi connectivity index (χ4v) is 3.96. The first-order chi connectivity index (χ1) is 18.3. The summed E-state index contributed by atoms with van der Waals surface area (Å²) in [4.78, 5) is 39.2. The molecule has 9 heteroatoms. The first-order valence-electron chi connectivity index (χ1n) is 12.5. The van der Waals surface area contributed by atoms with E-state index in [0.29, 0.717) is 18.7 Å². The van der Waals surface area contributed by atoms with Crippen LogP contribution >= 0.6 is 0 Å². The van der Waals surface area contributed by atoms with Crippen LogP contribution in [0.3, 0.4) is 0 Å². The van der Waals surface area contributed by atoms with E-state index in [1.54, 1.807) is 31.3 Å². The van der Waals surface area contributed by atoms with Crippen molar-refractivity contribution in [2.24, 2.45) is 5.73 Å². The van der Waals surface area contributed by atoms with E-state index in [4.69, 9.17) is 5.73 Å². The van der Waals surface area contributed by atoms with Crippen LogP contribution in [0, 0.1) is 0 Å². The van der Waals surface area contributed by atoms with Crippen LogP contribution in [0.4, 0.5) is 10.5 Å². The van der Waals surface area contributed by atoms with Gasteiger partial charge in [0.2, 0.25) is 11.8 Å². The van der Waals surface area contributed by atoms with Gasteiger partial charge in [0.05, 0.1) is 18.6 Å². The Kier molecular flexibility index (Phi) is 10.8. The lowest BCUT2D eigenvalue weighted by molar-refractivity contribution is -0.128. The molecule has 200 valence electrons. The smallest absolute Gasteiger partial charge is 0.322 e. The highest BCUT2D eigenvalue weighted by Crippen LogP contribution is 2.12. The average Bonchev–Trinajstić information content (AvgIpc) is 2.93. The number of hydrogen-bond donors (Lipinski definition) is 5. The molecule has 0 saturated carbocycles. The fraction of sp³-hybridized carbons (Fsp3) is 0.276. The number of anilines is 1. The molecule has 0 aliphatic heterocycles. The lowest BCUT2D eigenvalue weighted by Crippen LogP contribution is -2.56. The minimum Gasteiger partial charge on any atom is -0.390 e. The molecule has 4 amide bonds. The normalized spacial score (nSPS) is 13.1. The molecule has 3 rings (SSSR count). The summed E-state index contributed by atoms with van der Waals surface area (Å²) in [5.74, 6) is -1.35. The Balaban J connectivity index is 1.69. The molecule has 0 aliphatic rings. The monoisotopic (exact) mass is 517 g/mol. The topological polar surface area (TPSA) is 137 Å². The number of para-hydroxylation sites is 1. The molecule has 3 unspecified atom stereocenters. The summed E-state index contributed by atoms with van der Waals surface area (Å²) in [5.41, 5.74) is 7.98. The molecule has 0 aromatic heterocycles. The number of aliphatic hydroxyl groups is 1. The van der Waals surface area contributed by atoms with Crippen LogP contribution in [0.1, 0.15) is 17.5 Å². The standard InChI is InChI=1S/C29H35N5O4/c1-34(23-15-9-4-10-16-23)29(38)33-25(18-27(30)36)28(37)32-24(17-21-11-5-2-6-12-21)26(35)20-31-19-22-13-7-3-8-14-22/h2-16,24-26,31,35H,17-20H2,1H3,(H2,30,36)(H,32,37)(H,33,38). The van der Waals surface area contributed by atoms with Crippen LogP contribution in [-0.4, -0.2) is 54.7 Å². The Morgan fingerprint density at radius 2 is 1.39 bits per heavy atom. The number of primary amides is 1. The van der Waals surface area contributed by atoms with Crippen molar-refractivity contribution >= 4 is 23.5 Å². The third-order valence-electron chi connectivity index (χ3n) is 6.08. The Labute approximate surface area is 223 Å². The molecule has 0 saturated heterocycles. The van der Waals surface area contributed by atoms with Gasteiger partial charge in [-0.05, 0) is 29.7 Å². The highest BCUT2D eigenvalue weighted by molar-refractivity contribution is 5.96. The van der Waals surface area contributed by atoms with E-state index in [-0.39, 0.29) is 13.0 Å². The van der Waals surface area contributed by atoms with Crippen molar-refractivity contribution in [3.05, 3.63) is 102 Å². The second-order valence-corrected chi connectivity index (χ2v) is 9.06. The molecule has 3 aromatic rings. The molecule has 9 nitrogen and oxygen atoms in total. The van der Waals surface area contributed by atoms with Gasteiger partial charge in [-0.1, -0.05) is 78.9 Å². The van der Waals surface area contributed by atoms with Crippen molar-refractivity contribution < 1.29 is 19.5 Å². The van der Waals surface area contributed by atoms with E-state index >= 15 is 0 Å². The largest absolute Gasteiger partial charge is 0.390 e. The summed E-state index contributed by atoms with van der Waals surface area (Å²) < 4.78 is 0. The summed E-state index contributed by atoms with van der Waals surface area (Å²) in [6, 6.07) is 25.6. The average molecular weight is 518 g/mol. The molecular formula is C29H35N5O4. The number of benzene rings is 3. The van der Waals surface area contributed by atoms with Gasteiger partial charge in [0.25, 0.3) is 0 Å².